The van der Waals surface area contributed by atoms with Crippen LogP contribution in [0.3, 0.4) is 0 Å². The molecule has 2 saturated heterocycles. The van der Waals surface area contributed by atoms with Gasteiger partial charge in [-0.2, -0.15) is 0 Å². The van der Waals surface area contributed by atoms with E-state index in [9.17, 15) is 15.0 Å². The fourth-order valence-electron chi connectivity index (χ4n) is 3.90. The van der Waals surface area contributed by atoms with Gasteiger partial charge in [-0.05, 0) is 12.1 Å². The number of carbonyl (C=O) groups is 1. The molecule has 0 saturated carbocycles. The normalized spacial score (nSPS) is 28.6. The molecule has 4 heterocycles. The van der Waals surface area contributed by atoms with Gasteiger partial charge in [0, 0.05) is 12.0 Å². The summed E-state index contributed by atoms with van der Waals surface area (Å²) in [5.41, 5.74) is 0.230. The Morgan fingerprint density at radius 2 is 2.10 bits per heavy atom. The molecule has 3 N–H and O–H groups in total. The van der Waals surface area contributed by atoms with Gasteiger partial charge >= 0.3 is 0 Å². The van der Waals surface area contributed by atoms with Crippen LogP contribution in [0.5, 0.6) is 0 Å². The molecule has 10 heteroatoms. The monoisotopic (exact) mass is 397 g/mol. The smallest absolute Gasteiger partial charge is 0.256 e. The van der Waals surface area contributed by atoms with Crippen LogP contribution in [0.25, 0.3) is 11.2 Å². The van der Waals surface area contributed by atoms with Crippen LogP contribution < -0.4 is 5.32 Å². The minimum absolute atomic E-state index is 0.266. The van der Waals surface area contributed by atoms with Crippen LogP contribution in [0, 0.1) is 0 Å². The first-order valence-electron chi connectivity index (χ1n) is 9.25. The Labute approximate surface area is 165 Å². The van der Waals surface area contributed by atoms with E-state index in [1.165, 1.54) is 12.7 Å². The SMILES string of the molecule is O=C(Nc1ncnc2c1ncn2[C@@H]1O[C@]2(CO)CCO[C@H]1C2O)c1ccccc1. The molecule has 2 bridgehead atoms. The topological polar surface area (TPSA) is 132 Å². The van der Waals surface area contributed by atoms with Gasteiger partial charge in [-0.25, -0.2) is 15.0 Å². The number of fused-ring (bicyclic) bond motifs is 3. The van der Waals surface area contributed by atoms with Crippen LogP contribution >= 0.6 is 0 Å². The highest BCUT2D eigenvalue weighted by Crippen LogP contribution is 2.44. The lowest BCUT2D eigenvalue weighted by molar-refractivity contribution is -0.143. The number of nitrogens with one attached hydrogen (secondary N) is 1. The van der Waals surface area contributed by atoms with Crippen molar-refractivity contribution in [2.45, 2.75) is 30.5 Å². The summed E-state index contributed by atoms with van der Waals surface area (Å²) in [4.78, 5) is 25.2. The maximum absolute atomic E-state index is 12.5. The maximum Gasteiger partial charge on any atom is 0.256 e. The summed E-state index contributed by atoms with van der Waals surface area (Å²) >= 11 is 0. The van der Waals surface area contributed by atoms with Gasteiger partial charge in [-0.3, -0.25) is 9.36 Å². The number of rotatable bonds is 4. The molecule has 4 atom stereocenters. The van der Waals surface area contributed by atoms with E-state index >= 15 is 0 Å². The molecule has 0 spiro atoms. The largest absolute Gasteiger partial charge is 0.393 e. The fraction of sp³-hybridized carbons (Fsp3) is 0.368. The van der Waals surface area contributed by atoms with Gasteiger partial charge in [0.2, 0.25) is 0 Å². The zero-order valence-corrected chi connectivity index (χ0v) is 15.3. The molecule has 2 aliphatic rings. The molecule has 1 unspecified atom stereocenters. The van der Waals surface area contributed by atoms with E-state index in [0.29, 0.717) is 29.8 Å². The van der Waals surface area contributed by atoms with Gasteiger partial charge in [0.15, 0.2) is 23.2 Å². The lowest BCUT2D eigenvalue weighted by Gasteiger charge is -2.33. The molecule has 2 aromatic heterocycles. The second-order valence-electron chi connectivity index (χ2n) is 7.13. The average Bonchev–Trinajstić information content (AvgIpc) is 3.22. The van der Waals surface area contributed by atoms with Crippen molar-refractivity contribution < 1.29 is 24.5 Å². The lowest BCUT2D eigenvalue weighted by Crippen LogP contribution is -2.51. The fourth-order valence-corrected chi connectivity index (χ4v) is 3.90. The van der Waals surface area contributed by atoms with E-state index < -0.39 is 24.0 Å². The van der Waals surface area contributed by atoms with Crippen LogP contribution in [0.2, 0.25) is 0 Å². The van der Waals surface area contributed by atoms with Crippen molar-refractivity contribution >= 4 is 22.9 Å². The second kappa shape index (κ2) is 6.85. The van der Waals surface area contributed by atoms with Crippen molar-refractivity contribution in [1.82, 2.24) is 19.5 Å². The number of ether oxygens (including phenoxy) is 2. The van der Waals surface area contributed by atoms with Crippen molar-refractivity contribution in [2.24, 2.45) is 0 Å². The highest BCUT2D eigenvalue weighted by molar-refractivity contribution is 6.06. The summed E-state index contributed by atoms with van der Waals surface area (Å²) in [7, 11) is 0. The Morgan fingerprint density at radius 3 is 2.86 bits per heavy atom. The maximum atomic E-state index is 12.5. The van der Waals surface area contributed by atoms with Crippen molar-refractivity contribution in [3.63, 3.8) is 0 Å². The molecule has 5 rings (SSSR count). The first-order chi connectivity index (χ1) is 14.1. The summed E-state index contributed by atoms with van der Waals surface area (Å²) in [6.07, 6.45) is 0.869. The summed E-state index contributed by atoms with van der Waals surface area (Å²) < 4.78 is 13.4. The van der Waals surface area contributed by atoms with E-state index in [1.807, 2.05) is 6.07 Å². The molecule has 3 aromatic rings. The number of benzene rings is 1. The van der Waals surface area contributed by atoms with Gasteiger partial charge in [0.05, 0.1) is 19.5 Å². The van der Waals surface area contributed by atoms with Gasteiger partial charge in [0.1, 0.15) is 24.1 Å². The minimum Gasteiger partial charge on any atom is -0.393 e. The van der Waals surface area contributed by atoms with Crippen molar-refractivity contribution in [1.29, 1.82) is 0 Å². The molecular formula is C19H19N5O5. The lowest BCUT2D eigenvalue weighted by atomic mass is 9.90. The number of hydrogen-bond acceptors (Lipinski definition) is 8. The van der Waals surface area contributed by atoms with Crippen LogP contribution in [0.1, 0.15) is 23.0 Å². The molecule has 2 fully saturated rings. The van der Waals surface area contributed by atoms with Crippen molar-refractivity contribution in [3.05, 3.63) is 48.5 Å². The molecule has 2 aliphatic heterocycles. The van der Waals surface area contributed by atoms with Gasteiger partial charge in [-0.1, -0.05) is 18.2 Å². The van der Waals surface area contributed by atoms with Crippen LogP contribution in [0.4, 0.5) is 5.82 Å². The Balaban J connectivity index is 1.49. The molecular weight excluding hydrogens is 378 g/mol. The number of aromatic nitrogens is 4. The van der Waals surface area contributed by atoms with E-state index in [-0.39, 0.29) is 18.3 Å². The summed E-state index contributed by atoms with van der Waals surface area (Å²) in [5, 5.41) is 23.1. The predicted octanol–water partition coefficient (Wildman–Crippen LogP) is 0.488. The molecule has 0 radical (unpaired) electrons. The number of aliphatic hydroxyl groups is 2. The summed E-state index contributed by atoms with van der Waals surface area (Å²) in [5.74, 6) is -0.0481. The number of aliphatic hydroxyl groups excluding tert-OH is 2. The van der Waals surface area contributed by atoms with Gasteiger partial charge < -0.3 is 25.0 Å². The molecule has 29 heavy (non-hydrogen) atoms. The number of carbonyl (C=O) groups excluding carboxylic acids is 1. The number of anilines is 1. The zero-order chi connectivity index (χ0) is 20.0. The van der Waals surface area contributed by atoms with Crippen LogP contribution in [-0.2, 0) is 9.47 Å². The highest BCUT2D eigenvalue weighted by Gasteiger charge is 2.58. The van der Waals surface area contributed by atoms with Crippen LogP contribution in [0.15, 0.2) is 43.0 Å². The van der Waals surface area contributed by atoms with Gasteiger partial charge in [-0.15, -0.1) is 0 Å². The summed E-state index contributed by atoms with van der Waals surface area (Å²) in [6, 6.07) is 8.78. The molecule has 150 valence electrons. The second-order valence-corrected chi connectivity index (χ2v) is 7.13. The molecule has 1 amide bonds. The molecule has 10 nitrogen and oxygen atoms in total. The Bertz CT molecular complexity index is 1060. The van der Waals surface area contributed by atoms with Gasteiger partial charge in [0.25, 0.3) is 5.91 Å². The van der Waals surface area contributed by atoms with Crippen LogP contribution in [-0.4, -0.2) is 66.7 Å². The molecule has 0 aliphatic carbocycles. The zero-order valence-electron chi connectivity index (χ0n) is 15.3. The third-order valence-corrected chi connectivity index (χ3v) is 5.49. The van der Waals surface area contributed by atoms with Crippen molar-refractivity contribution in [3.8, 4) is 0 Å². The number of hydrogen-bond donors (Lipinski definition) is 3. The standard InChI is InChI=1S/C19H19N5O5/c25-8-19-6-7-28-13(14(19)26)18(29-19)24-10-22-12-15(20-9-21-16(12)24)23-17(27)11-4-2-1-3-5-11/h1-5,9-10,13-14,18,25-26H,6-8H2,(H,20,21,23,27)/t13-,14?,18+,19-/m0/s1. The number of amides is 1. The first kappa shape index (κ1) is 18.1. The third-order valence-electron chi connectivity index (χ3n) is 5.49. The van der Waals surface area contributed by atoms with E-state index in [1.54, 1.807) is 28.8 Å². The number of imidazole rings is 1. The quantitative estimate of drug-likeness (QED) is 0.580. The van der Waals surface area contributed by atoms with E-state index in [4.69, 9.17) is 9.47 Å². The average molecular weight is 397 g/mol. The number of nitrogens with zero attached hydrogens (tertiary/aromatic N) is 4. The predicted molar refractivity (Wildman–Crippen MR) is 100 cm³/mol. The minimum atomic E-state index is -1.07. The third kappa shape index (κ3) is 2.80. The summed E-state index contributed by atoms with van der Waals surface area (Å²) in [6.45, 7) is 0.0588. The first-order valence-corrected chi connectivity index (χ1v) is 9.25. The van der Waals surface area contributed by atoms with Crippen molar-refractivity contribution in [2.75, 3.05) is 18.5 Å². The Morgan fingerprint density at radius 1 is 1.28 bits per heavy atom. The highest BCUT2D eigenvalue weighted by atomic mass is 16.6. The molecule has 1 aromatic carbocycles. The van der Waals surface area contributed by atoms with E-state index in [2.05, 4.69) is 20.3 Å². The Hall–Kier alpha value is -2.92. The Kier molecular flexibility index (Phi) is 4.28. The van der Waals surface area contributed by atoms with E-state index in [0.717, 1.165) is 0 Å².